The molecule has 0 aliphatic carbocycles. The van der Waals surface area contributed by atoms with Crippen molar-refractivity contribution in [1.29, 1.82) is 5.26 Å². The Balaban J connectivity index is 2.20. The van der Waals surface area contributed by atoms with Crippen LogP contribution in [0, 0.1) is 11.3 Å². The Morgan fingerprint density at radius 1 is 1.29 bits per heavy atom. The van der Waals surface area contributed by atoms with Crippen LogP contribution in [0.1, 0.15) is 18.1 Å². The number of phenols is 1. The summed E-state index contributed by atoms with van der Waals surface area (Å²) in [5.74, 6) is -0.223. The van der Waals surface area contributed by atoms with Gasteiger partial charge in [-0.05, 0) is 47.9 Å². The molecule has 5 nitrogen and oxygen atoms in total. The number of aryl methyl sites for hydroxylation is 1. The van der Waals surface area contributed by atoms with Gasteiger partial charge in [-0.1, -0.05) is 25.1 Å². The minimum Gasteiger partial charge on any atom is -0.504 e. The Labute approximate surface area is 140 Å². The van der Waals surface area contributed by atoms with Crippen LogP contribution in [0.4, 0.5) is 5.69 Å². The Hall–Kier alpha value is -3.26. The van der Waals surface area contributed by atoms with Crippen LogP contribution >= 0.6 is 0 Å². The third-order valence-corrected chi connectivity index (χ3v) is 3.50. The van der Waals surface area contributed by atoms with E-state index in [9.17, 15) is 15.2 Å². The van der Waals surface area contributed by atoms with Crippen molar-refractivity contribution in [3.8, 4) is 17.6 Å². The zero-order valence-electron chi connectivity index (χ0n) is 13.5. The summed E-state index contributed by atoms with van der Waals surface area (Å²) < 4.78 is 5.02. The smallest absolute Gasteiger partial charge is 0.266 e. The number of carbonyl (C=O) groups is 1. The van der Waals surface area contributed by atoms with Gasteiger partial charge in [-0.25, -0.2) is 0 Å². The van der Waals surface area contributed by atoms with E-state index >= 15 is 0 Å². The number of hydrogen-bond donors (Lipinski definition) is 2. The van der Waals surface area contributed by atoms with Crippen molar-refractivity contribution >= 4 is 17.7 Å². The molecule has 122 valence electrons. The van der Waals surface area contributed by atoms with Gasteiger partial charge < -0.3 is 15.2 Å². The topological polar surface area (TPSA) is 82.4 Å². The molecule has 0 aliphatic rings. The van der Waals surface area contributed by atoms with E-state index in [4.69, 9.17) is 4.74 Å². The molecule has 0 saturated carbocycles. The molecule has 0 aliphatic heterocycles. The number of phenolic OH excluding ortho intramolecular Hbond substituents is 1. The molecular formula is C19H18N2O3. The number of methoxy groups -OCH3 is 1. The lowest BCUT2D eigenvalue weighted by Gasteiger charge is -2.06. The van der Waals surface area contributed by atoms with E-state index in [-0.39, 0.29) is 17.1 Å². The largest absolute Gasteiger partial charge is 0.504 e. The number of rotatable bonds is 5. The fourth-order valence-electron chi connectivity index (χ4n) is 2.12. The number of nitriles is 1. The molecule has 5 heteroatoms. The van der Waals surface area contributed by atoms with Crippen LogP contribution in [-0.4, -0.2) is 18.1 Å². The maximum absolute atomic E-state index is 12.2. The van der Waals surface area contributed by atoms with Crippen LogP contribution < -0.4 is 10.1 Å². The summed E-state index contributed by atoms with van der Waals surface area (Å²) in [6.07, 6.45) is 2.36. The molecule has 0 spiro atoms. The Bertz CT molecular complexity index is 802. The molecule has 0 bridgehead atoms. The van der Waals surface area contributed by atoms with E-state index in [1.54, 1.807) is 24.3 Å². The van der Waals surface area contributed by atoms with Gasteiger partial charge in [0.15, 0.2) is 11.5 Å². The number of aromatic hydroxyl groups is 1. The molecule has 0 atom stereocenters. The normalized spacial score (nSPS) is 10.8. The molecule has 0 radical (unpaired) electrons. The third-order valence-electron chi connectivity index (χ3n) is 3.50. The van der Waals surface area contributed by atoms with Crippen molar-refractivity contribution in [1.82, 2.24) is 0 Å². The van der Waals surface area contributed by atoms with Crippen molar-refractivity contribution in [2.45, 2.75) is 13.3 Å². The van der Waals surface area contributed by atoms with Gasteiger partial charge in [-0.3, -0.25) is 4.79 Å². The van der Waals surface area contributed by atoms with Gasteiger partial charge in [-0.15, -0.1) is 0 Å². The lowest BCUT2D eigenvalue weighted by atomic mass is 10.1. The minimum atomic E-state index is -0.492. The second kappa shape index (κ2) is 7.84. The van der Waals surface area contributed by atoms with Gasteiger partial charge in [0, 0.05) is 5.69 Å². The van der Waals surface area contributed by atoms with E-state index in [0.717, 1.165) is 6.42 Å². The highest BCUT2D eigenvalue weighted by Gasteiger charge is 2.10. The predicted molar refractivity (Wildman–Crippen MR) is 92.7 cm³/mol. The molecule has 0 heterocycles. The number of ether oxygens (including phenoxy) is 1. The average Bonchev–Trinajstić information content (AvgIpc) is 2.61. The highest BCUT2D eigenvalue weighted by atomic mass is 16.5. The van der Waals surface area contributed by atoms with Gasteiger partial charge in [0.05, 0.1) is 7.11 Å². The number of benzene rings is 2. The van der Waals surface area contributed by atoms with Crippen LogP contribution in [0.25, 0.3) is 6.08 Å². The summed E-state index contributed by atoms with van der Waals surface area (Å²) in [5, 5.41) is 21.5. The predicted octanol–water partition coefficient (Wildman–Crippen LogP) is 3.51. The van der Waals surface area contributed by atoms with E-state index in [0.29, 0.717) is 11.3 Å². The Morgan fingerprint density at radius 3 is 2.58 bits per heavy atom. The fourth-order valence-corrected chi connectivity index (χ4v) is 2.12. The van der Waals surface area contributed by atoms with Crippen molar-refractivity contribution in [3.05, 3.63) is 59.2 Å². The molecule has 0 fully saturated rings. The molecule has 2 N–H and O–H groups in total. The first-order valence-corrected chi connectivity index (χ1v) is 7.46. The van der Waals surface area contributed by atoms with Crippen LogP contribution in [0.15, 0.2) is 48.0 Å². The molecule has 2 rings (SSSR count). The van der Waals surface area contributed by atoms with E-state index < -0.39 is 5.91 Å². The first-order chi connectivity index (χ1) is 11.6. The fraction of sp³-hybridized carbons (Fsp3) is 0.158. The SMILES string of the molecule is CCc1ccc(NC(=O)C(C#N)=Cc2ccc(O)c(OC)c2)cc1. The average molecular weight is 322 g/mol. The van der Waals surface area contributed by atoms with Gasteiger partial charge in [-0.2, -0.15) is 5.26 Å². The summed E-state index contributed by atoms with van der Waals surface area (Å²) in [5.41, 5.74) is 2.34. The van der Waals surface area contributed by atoms with Crippen LogP contribution in [0.3, 0.4) is 0 Å². The molecule has 0 unspecified atom stereocenters. The van der Waals surface area contributed by atoms with Crippen molar-refractivity contribution in [3.63, 3.8) is 0 Å². The van der Waals surface area contributed by atoms with Crippen molar-refractivity contribution in [2.75, 3.05) is 12.4 Å². The molecule has 1 amide bonds. The maximum atomic E-state index is 12.2. The molecule has 0 aromatic heterocycles. The van der Waals surface area contributed by atoms with Gasteiger partial charge in [0.25, 0.3) is 5.91 Å². The summed E-state index contributed by atoms with van der Waals surface area (Å²) in [6.45, 7) is 2.05. The summed E-state index contributed by atoms with van der Waals surface area (Å²) in [7, 11) is 1.43. The molecule has 24 heavy (non-hydrogen) atoms. The van der Waals surface area contributed by atoms with Crippen molar-refractivity contribution < 1.29 is 14.6 Å². The zero-order chi connectivity index (χ0) is 17.5. The number of amides is 1. The van der Waals surface area contributed by atoms with E-state index in [2.05, 4.69) is 12.2 Å². The number of anilines is 1. The molecular weight excluding hydrogens is 304 g/mol. The second-order valence-electron chi connectivity index (χ2n) is 5.11. The van der Waals surface area contributed by atoms with Crippen molar-refractivity contribution in [2.24, 2.45) is 0 Å². The quantitative estimate of drug-likeness (QED) is 0.652. The summed E-state index contributed by atoms with van der Waals surface area (Å²) in [4.78, 5) is 12.2. The van der Waals surface area contributed by atoms with E-state index in [1.165, 1.54) is 24.8 Å². The lowest BCUT2D eigenvalue weighted by Crippen LogP contribution is -2.13. The lowest BCUT2D eigenvalue weighted by molar-refractivity contribution is -0.112. The Kier molecular flexibility index (Phi) is 5.58. The first-order valence-electron chi connectivity index (χ1n) is 7.46. The van der Waals surface area contributed by atoms with E-state index in [1.807, 2.05) is 18.2 Å². The highest BCUT2D eigenvalue weighted by Crippen LogP contribution is 2.27. The van der Waals surface area contributed by atoms with Gasteiger partial charge in [0.2, 0.25) is 0 Å². The standard InChI is InChI=1S/C19H18N2O3/c1-3-13-4-7-16(8-5-13)21-19(23)15(12-20)10-14-6-9-17(22)18(11-14)24-2/h4-11,22H,3H2,1-2H3,(H,21,23). The number of nitrogens with zero attached hydrogens (tertiary/aromatic N) is 1. The third kappa shape index (κ3) is 4.14. The summed E-state index contributed by atoms with van der Waals surface area (Å²) in [6, 6.07) is 13.9. The number of carbonyl (C=O) groups excluding carboxylic acids is 1. The van der Waals surface area contributed by atoms with Gasteiger partial charge in [0.1, 0.15) is 11.6 Å². The first kappa shape index (κ1) is 17.1. The summed E-state index contributed by atoms with van der Waals surface area (Å²) >= 11 is 0. The number of nitrogens with one attached hydrogen (secondary N) is 1. The molecule has 2 aromatic carbocycles. The molecule has 0 saturated heterocycles. The number of hydrogen-bond acceptors (Lipinski definition) is 4. The van der Waals surface area contributed by atoms with Crippen LogP contribution in [-0.2, 0) is 11.2 Å². The Morgan fingerprint density at radius 2 is 2.00 bits per heavy atom. The highest BCUT2D eigenvalue weighted by molar-refractivity contribution is 6.09. The van der Waals surface area contributed by atoms with Gasteiger partial charge >= 0.3 is 0 Å². The molecule has 2 aromatic rings. The minimum absolute atomic E-state index is 0.00590. The zero-order valence-corrected chi connectivity index (χ0v) is 13.5. The van der Waals surface area contributed by atoms with Crippen LogP contribution in [0.2, 0.25) is 0 Å². The van der Waals surface area contributed by atoms with Crippen LogP contribution in [0.5, 0.6) is 11.5 Å². The maximum Gasteiger partial charge on any atom is 0.266 e. The monoisotopic (exact) mass is 322 g/mol. The second-order valence-corrected chi connectivity index (χ2v) is 5.11.